The van der Waals surface area contributed by atoms with Gasteiger partial charge in [-0.25, -0.2) is 0 Å². The van der Waals surface area contributed by atoms with Gasteiger partial charge in [-0.3, -0.25) is 4.79 Å². The van der Waals surface area contributed by atoms with Crippen LogP contribution in [0.3, 0.4) is 0 Å². The third kappa shape index (κ3) is 5.02. The molecule has 0 fully saturated rings. The van der Waals surface area contributed by atoms with Gasteiger partial charge in [-0.05, 0) is 48.1 Å². The van der Waals surface area contributed by atoms with E-state index in [1.54, 1.807) is 14.2 Å². The lowest BCUT2D eigenvalue weighted by atomic mass is 10.1. The number of carboxylic acid groups (broad SMARTS) is 1. The second-order valence-corrected chi connectivity index (χ2v) is 5.39. The molecule has 0 heterocycles. The Morgan fingerprint density at radius 2 is 1.95 bits per heavy atom. The van der Waals surface area contributed by atoms with Crippen molar-refractivity contribution in [2.24, 2.45) is 0 Å². The highest BCUT2D eigenvalue weighted by molar-refractivity contribution is 9.10. The predicted molar refractivity (Wildman–Crippen MR) is 80.4 cm³/mol. The van der Waals surface area contributed by atoms with Crippen LogP contribution in [0.5, 0.6) is 11.5 Å². The molecule has 0 spiro atoms. The van der Waals surface area contributed by atoms with Crippen LogP contribution in [0.4, 0.5) is 0 Å². The molecule has 0 saturated carbocycles. The minimum Gasteiger partial charge on any atom is -0.496 e. The fraction of sp³-hybridized carbons (Fsp3) is 0.500. The number of carbonyl (C=O) groups is 1. The van der Waals surface area contributed by atoms with Gasteiger partial charge in [-0.1, -0.05) is 0 Å². The molecule has 0 atom stereocenters. The normalized spacial score (nSPS) is 10.7. The Kier molecular flexibility index (Phi) is 6.81. The Hall–Kier alpha value is -1.27. The van der Waals surface area contributed by atoms with Crippen molar-refractivity contribution in [3.63, 3.8) is 0 Å². The van der Waals surface area contributed by atoms with Gasteiger partial charge >= 0.3 is 5.97 Å². The molecule has 1 aromatic carbocycles. The van der Waals surface area contributed by atoms with Crippen molar-refractivity contribution in [3.8, 4) is 11.5 Å². The Balaban J connectivity index is 2.72. The highest BCUT2D eigenvalue weighted by Gasteiger charge is 2.11. The molecule has 1 rings (SSSR count). The molecule has 0 aromatic heterocycles. The maximum Gasteiger partial charge on any atom is 0.303 e. The van der Waals surface area contributed by atoms with Crippen LogP contribution in [0, 0.1) is 0 Å². The van der Waals surface area contributed by atoms with Crippen LogP contribution in [0.25, 0.3) is 0 Å². The molecule has 1 N–H and O–H groups in total. The first kappa shape index (κ1) is 16.8. The molecule has 0 aliphatic heterocycles. The number of aliphatic carboxylic acids is 1. The van der Waals surface area contributed by atoms with E-state index in [4.69, 9.17) is 14.6 Å². The fourth-order valence-electron chi connectivity index (χ4n) is 1.92. The quantitative estimate of drug-likeness (QED) is 0.784. The summed E-state index contributed by atoms with van der Waals surface area (Å²) < 4.78 is 11.5. The third-order valence-electron chi connectivity index (χ3n) is 2.93. The van der Waals surface area contributed by atoms with Crippen molar-refractivity contribution in [2.45, 2.75) is 19.4 Å². The van der Waals surface area contributed by atoms with Crippen LogP contribution in [-0.2, 0) is 11.3 Å². The highest BCUT2D eigenvalue weighted by atomic mass is 79.9. The summed E-state index contributed by atoms with van der Waals surface area (Å²) in [5, 5.41) is 8.64. The summed E-state index contributed by atoms with van der Waals surface area (Å²) in [6, 6.07) is 3.80. The SMILES string of the molecule is COc1cc(CN(C)CCCC(=O)O)c(OC)cc1Br. The lowest BCUT2D eigenvalue weighted by molar-refractivity contribution is -0.137. The van der Waals surface area contributed by atoms with Gasteiger partial charge in [0.15, 0.2) is 0 Å². The average Bonchev–Trinajstić information content (AvgIpc) is 2.39. The Morgan fingerprint density at radius 1 is 1.30 bits per heavy atom. The first-order valence-electron chi connectivity index (χ1n) is 6.28. The fourth-order valence-corrected chi connectivity index (χ4v) is 2.40. The van der Waals surface area contributed by atoms with E-state index in [1.165, 1.54) is 0 Å². The molecule has 0 aliphatic carbocycles. The Morgan fingerprint density at radius 3 is 2.50 bits per heavy atom. The summed E-state index contributed by atoms with van der Waals surface area (Å²) in [6.45, 7) is 1.39. The molecule has 0 amide bonds. The molecule has 1 aromatic rings. The van der Waals surface area contributed by atoms with Crippen molar-refractivity contribution in [1.29, 1.82) is 0 Å². The largest absolute Gasteiger partial charge is 0.496 e. The van der Waals surface area contributed by atoms with Crippen molar-refractivity contribution >= 4 is 21.9 Å². The summed E-state index contributed by atoms with van der Waals surface area (Å²) in [6.07, 6.45) is 0.812. The molecule has 0 saturated heterocycles. The number of hydrogen-bond donors (Lipinski definition) is 1. The van der Waals surface area contributed by atoms with Gasteiger partial charge in [0, 0.05) is 18.5 Å². The zero-order valence-corrected chi connectivity index (χ0v) is 13.6. The zero-order valence-electron chi connectivity index (χ0n) is 12.0. The predicted octanol–water partition coefficient (Wildman–Crippen LogP) is 2.76. The van der Waals surface area contributed by atoms with Gasteiger partial charge in [-0.15, -0.1) is 0 Å². The van der Waals surface area contributed by atoms with E-state index in [1.807, 2.05) is 19.2 Å². The summed E-state index contributed by atoms with van der Waals surface area (Å²) >= 11 is 3.42. The molecule has 0 bridgehead atoms. The molecule has 0 radical (unpaired) electrons. The highest BCUT2D eigenvalue weighted by Crippen LogP contribution is 2.33. The number of carboxylic acids is 1. The molecular weight excluding hydrogens is 326 g/mol. The summed E-state index contributed by atoms with van der Waals surface area (Å²) in [5.74, 6) is 0.767. The van der Waals surface area contributed by atoms with Gasteiger partial charge in [0.2, 0.25) is 0 Å². The number of nitrogens with zero attached hydrogens (tertiary/aromatic N) is 1. The standard InChI is InChI=1S/C14H20BrNO4/c1-16(6-4-5-14(17)18)9-10-7-13(20-3)11(15)8-12(10)19-2/h7-8H,4-6,9H2,1-3H3,(H,17,18). The van der Waals surface area contributed by atoms with Crippen molar-refractivity contribution in [1.82, 2.24) is 4.90 Å². The van der Waals surface area contributed by atoms with Crippen molar-refractivity contribution in [3.05, 3.63) is 22.2 Å². The molecule has 0 aliphatic rings. The summed E-state index contributed by atoms with van der Waals surface area (Å²) in [5.41, 5.74) is 1.00. The lowest BCUT2D eigenvalue weighted by Crippen LogP contribution is -2.20. The number of rotatable bonds is 8. The summed E-state index contributed by atoms with van der Waals surface area (Å²) in [4.78, 5) is 12.6. The molecule has 0 unspecified atom stereocenters. The zero-order chi connectivity index (χ0) is 15.1. The number of halogens is 1. The average molecular weight is 346 g/mol. The minimum atomic E-state index is -0.763. The smallest absolute Gasteiger partial charge is 0.303 e. The number of benzene rings is 1. The van der Waals surface area contributed by atoms with Gasteiger partial charge in [0.05, 0.1) is 18.7 Å². The molecular formula is C14H20BrNO4. The molecule has 6 heteroatoms. The van der Waals surface area contributed by atoms with Crippen LogP contribution in [0.1, 0.15) is 18.4 Å². The second kappa shape index (κ2) is 8.11. The van der Waals surface area contributed by atoms with Gasteiger partial charge in [0.1, 0.15) is 11.5 Å². The van der Waals surface area contributed by atoms with Crippen LogP contribution < -0.4 is 9.47 Å². The van der Waals surface area contributed by atoms with E-state index in [2.05, 4.69) is 20.8 Å². The topological polar surface area (TPSA) is 59.0 Å². The van der Waals surface area contributed by atoms with E-state index in [-0.39, 0.29) is 6.42 Å². The molecule has 5 nitrogen and oxygen atoms in total. The van der Waals surface area contributed by atoms with Gasteiger partial charge in [-0.2, -0.15) is 0 Å². The van der Waals surface area contributed by atoms with Gasteiger partial charge in [0.25, 0.3) is 0 Å². The number of hydrogen-bond acceptors (Lipinski definition) is 4. The van der Waals surface area contributed by atoms with Crippen molar-refractivity contribution in [2.75, 3.05) is 27.8 Å². The first-order valence-corrected chi connectivity index (χ1v) is 7.08. The minimum absolute atomic E-state index is 0.186. The van der Waals surface area contributed by atoms with E-state index in [0.29, 0.717) is 19.5 Å². The van der Waals surface area contributed by atoms with E-state index >= 15 is 0 Å². The van der Waals surface area contributed by atoms with E-state index < -0.39 is 5.97 Å². The van der Waals surface area contributed by atoms with E-state index in [9.17, 15) is 4.79 Å². The third-order valence-corrected chi connectivity index (χ3v) is 3.55. The molecule has 20 heavy (non-hydrogen) atoms. The van der Waals surface area contributed by atoms with Crippen LogP contribution in [0.15, 0.2) is 16.6 Å². The van der Waals surface area contributed by atoms with Crippen molar-refractivity contribution < 1.29 is 19.4 Å². The number of ether oxygens (including phenoxy) is 2. The van der Waals surface area contributed by atoms with Crippen LogP contribution in [0.2, 0.25) is 0 Å². The van der Waals surface area contributed by atoms with Crippen LogP contribution in [-0.4, -0.2) is 43.8 Å². The van der Waals surface area contributed by atoms with Crippen LogP contribution >= 0.6 is 15.9 Å². The number of methoxy groups -OCH3 is 2. The second-order valence-electron chi connectivity index (χ2n) is 4.53. The Bertz CT molecular complexity index is 465. The maximum atomic E-state index is 10.5. The molecule has 112 valence electrons. The van der Waals surface area contributed by atoms with Gasteiger partial charge < -0.3 is 19.5 Å². The Labute approximate surface area is 127 Å². The maximum absolute atomic E-state index is 10.5. The van der Waals surface area contributed by atoms with E-state index in [0.717, 1.165) is 21.5 Å². The lowest BCUT2D eigenvalue weighted by Gasteiger charge is -2.19. The first-order chi connectivity index (χ1) is 9.47. The summed E-state index contributed by atoms with van der Waals surface area (Å²) in [7, 11) is 5.20. The monoisotopic (exact) mass is 345 g/mol.